The molecule has 0 amide bonds. The molecule has 0 bridgehead atoms. The highest BCUT2D eigenvalue weighted by Gasteiger charge is 2.05. The molecule has 21 heavy (non-hydrogen) atoms. The molecule has 0 aliphatic rings. The van der Waals surface area contributed by atoms with Gasteiger partial charge in [-0.05, 0) is 32.0 Å². The Hall–Kier alpha value is -2.40. The summed E-state index contributed by atoms with van der Waals surface area (Å²) in [6.07, 6.45) is 3.12. The molecule has 5 nitrogen and oxygen atoms in total. The van der Waals surface area contributed by atoms with Gasteiger partial charge in [0.15, 0.2) is 0 Å². The predicted molar refractivity (Wildman–Crippen MR) is 84.0 cm³/mol. The van der Waals surface area contributed by atoms with E-state index in [1.54, 1.807) is 31.3 Å². The van der Waals surface area contributed by atoms with Gasteiger partial charge in [0.25, 0.3) is 0 Å². The van der Waals surface area contributed by atoms with Gasteiger partial charge in [-0.1, -0.05) is 17.7 Å². The van der Waals surface area contributed by atoms with Crippen molar-refractivity contribution >= 4 is 23.1 Å². The number of aromatic nitrogens is 2. The largest absolute Gasteiger partial charge is 0.441 e. The molecule has 0 unspecified atom stereocenters. The first kappa shape index (κ1) is 15.0. The van der Waals surface area contributed by atoms with E-state index in [-0.39, 0.29) is 0 Å². The van der Waals surface area contributed by atoms with E-state index in [0.29, 0.717) is 28.3 Å². The van der Waals surface area contributed by atoms with Gasteiger partial charge in [-0.15, -0.1) is 0 Å². The second-order valence-corrected chi connectivity index (χ2v) is 4.78. The summed E-state index contributed by atoms with van der Waals surface area (Å²) in [4.78, 5) is 8.23. The van der Waals surface area contributed by atoms with Gasteiger partial charge in [-0.3, -0.25) is 0 Å². The molecule has 0 spiro atoms. The number of pyridine rings is 2. The molecule has 0 atom stereocenters. The maximum atomic E-state index is 7.59. The lowest BCUT2D eigenvalue weighted by Crippen LogP contribution is -2.10. The van der Waals surface area contributed by atoms with Gasteiger partial charge >= 0.3 is 0 Å². The van der Waals surface area contributed by atoms with E-state index in [4.69, 9.17) is 21.7 Å². The lowest BCUT2D eigenvalue weighted by Gasteiger charge is -2.12. The van der Waals surface area contributed by atoms with Gasteiger partial charge in [-0.2, -0.15) is 0 Å². The predicted octanol–water partition coefficient (Wildman–Crippen LogP) is 3.81. The first-order valence-electron chi connectivity index (χ1n) is 6.30. The Kier molecular flexibility index (Phi) is 4.90. The van der Waals surface area contributed by atoms with Crippen LogP contribution >= 0.6 is 11.6 Å². The Morgan fingerprint density at radius 3 is 2.86 bits per heavy atom. The molecular weight excluding hydrogens is 288 g/mol. The van der Waals surface area contributed by atoms with E-state index in [2.05, 4.69) is 15.3 Å². The number of anilines is 1. The van der Waals surface area contributed by atoms with Crippen LogP contribution in [-0.4, -0.2) is 15.7 Å². The zero-order chi connectivity index (χ0) is 15.2. The van der Waals surface area contributed by atoms with Crippen LogP contribution in [0.2, 0.25) is 5.15 Å². The monoisotopic (exact) mass is 302 g/mol. The van der Waals surface area contributed by atoms with Crippen molar-refractivity contribution < 1.29 is 4.74 Å². The summed E-state index contributed by atoms with van der Waals surface area (Å²) < 4.78 is 5.69. The third-order valence-electron chi connectivity index (χ3n) is 2.41. The van der Waals surface area contributed by atoms with E-state index in [1.807, 2.05) is 25.1 Å². The number of hydrogen-bond donors (Lipinski definition) is 2. The van der Waals surface area contributed by atoms with Crippen LogP contribution in [0.5, 0.6) is 5.75 Å². The third-order valence-corrected chi connectivity index (χ3v) is 2.62. The number of aryl methyl sites for hydroxylation is 1. The van der Waals surface area contributed by atoms with Crippen molar-refractivity contribution in [3.8, 4) is 5.75 Å². The highest BCUT2D eigenvalue weighted by molar-refractivity contribution is 6.29. The third kappa shape index (κ3) is 4.89. The molecule has 2 heterocycles. The van der Waals surface area contributed by atoms with Gasteiger partial charge in [0, 0.05) is 29.7 Å². The maximum absolute atomic E-state index is 7.59. The summed E-state index contributed by atoms with van der Waals surface area (Å²) in [5, 5.41) is 11.0. The van der Waals surface area contributed by atoms with Crippen molar-refractivity contribution in [1.82, 2.24) is 9.97 Å². The van der Waals surface area contributed by atoms with Gasteiger partial charge in [0.1, 0.15) is 16.7 Å². The molecule has 0 aromatic carbocycles. The Balaban J connectivity index is 2.21. The number of halogens is 1. The van der Waals surface area contributed by atoms with Gasteiger partial charge in [0.05, 0.1) is 0 Å². The van der Waals surface area contributed by atoms with Crippen LogP contribution in [0.25, 0.3) is 0 Å². The van der Waals surface area contributed by atoms with Crippen molar-refractivity contribution in [3.63, 3.8) is 0 Å². The van der Waals surface area contributed by atoms with Gasteiger partial charge < -0.3 is 15.5 Å². The van der Waals surface area contributed by atoms with Crippen LogP contribution in [0.1, 0.15) is 12.6 Å². The van der Waals surface area contributed by atoms with Crippen LogP contribution in [0.4, 0.5) is 5.82 Å². The first-order chi connectivity index (χ1) is 10.0. The molecule has 0 fully saturated rings. The summed E-state index contributed by atoms with van der Waals surface area (Å²) in [7, 11) is 0. The van der Waals surface area contributed by atoms with Crippen LogP contribution < -0.4 is 10.1 Å². The van der Waals surface area contributed by atoms with E-state index < -0.39 is 0 Å². The van der Waals surface area contributed by atoms with E-state index in [9.17, 15) is 0 Å². The fourth-order valence-electron chi connectivity index (χ4n) is 1.60. The average Bonchev–Trinajstić information content (AvgIpc) is 2.37. The Bertz CT molecular complexity index is 635. The minimum atomic E-state index is 0.340. The van der Waals surface area contributed by atoms with Crippen molar-refractivity contribution in [1.29, 1.82) is 5.41 Å². The summed E-state index contributed by atoms with van der Waals surface area (Å²) >= 11 is 5.83. The Morgan fingerprint density at radius 2 is 2.19 bits per heavy atom. The van der Waals surface area contributed by atoms with Gasteiger partial charge in [-0.25, -0.2) is 9.97 Å². The highest BCUT2D eigenvalue weighted by atomic mass is 35.5. The van der Waals surface area contributed by atoms with Crippen LogP contribution in [-0.2, 0) is 0 Å². The van der Waals surface area contributed by atoms with Crippen LogP contribution in [0.15, 0.2) is 48.5 Å². The van der Waals surface area contributed by atoms with Crippen LogP contribution in [0.3, 0.4) is 0 Å². The highest BCUT2D eigenvalue weighted by Crippen LogP contribution is 2.18. The summed E-state index contributed by atoms with van der Waals surface area (Å²) in [6, 6.07) is 8.90. The quantitative estimate of drug-likeness (QED) is 0.500. The lowest BCUT2D eigenvalue weighted by molar-refractivity contribution is 0.432. The zero-order valence-corrected chi connectivity index (χ0v) is 12.5. The number of nitrogens with zero attached hydrogens (tertiary/aromatic N) is 2. The normalized spacial score (nSPS) is 11.1. The summed E-state index contributed by atoms with van der Waals surface area (Å²) in [5.74, 6) is 1.56. The lowest BCUT2D eigenvalue weighted by atomic mass is 10.3. The Labute approximate surface area is 128 Å². The molecule has 0 aliphatic heterocycles. The molecule has 0 aliphatic carbocycles. The van der Waals surface area contributed by atoms with Crippen molar-refractivity contribution in [3.05, 3.63) is 59.3 Å². The SMILES string of the molecule is CC(=N)/C=C(\Nc1cccc(C)n1)Oc1ccnc(Cl)c1. The second kappa shape index (κ2) is 6.85. The fraction of sp³-hybridized carbons (Fsp3) is 0.133. The van der Waals surface area contributed by atoms with E-state index in [0.717, 1.165) is 5.69 Å². The molecular formula is C15H15ClN4O. The second-order valence-electron chi connectivity index (χ2n) is 4.40. The molecule has 2 rings (SSSR count). The minimum Gasteiger partial charge on any atom is -0.441 e. The van der Waals surface area contributed by atoms with Gasteiger partial charge in [0.2, 0.25) is 5.88 Å². The number of allylic oxidation sites excluding steroid dienone is 1. The number of ether oxygens (including phenoxy) is 1. The molecule has 2 N–H and O–H groups in total. The number of nitrogens with one attached hydrogen (secondary N) is 2. The molecule has 0 saturated carbocycles. The van der Waals surface area contributed by atoms with Crippen LogP contribution in [0, 0.1) is 12.3 Å². The standard InChI is InChI=1S/C15H15ClN4O/c1-10(17)8-15(20-14-5-3-4-11(2)19-14)21-12-6-7-18-13(16)9-12/h3-9,17H,1-2H3,(H,19,20)/b15-8+,17-10?. The Morgan fingerprint density at radius 1 is 1.38 bits per heavy atom. The molecule has 108 valence electrons. The average molecular weight is 303 g/mol. The number of rotatable bonds is 5. The zero-order valence-electron chi connectivity index (χ0n) is 11.7. The van der Waals surface area contributed by atoms with E-state index >= 15 is 0 Å². The molecule has 6 heteroatoms. The maximum Gasteiger partial charge on any atom is 0.200 e. The molecule has 0 saturated heterocycles. The fourth-order valence-corrected chi connectivity index (χ4v) is 1.77. The van der Waals surface area contributed by atoms with Crippen molar-refractivity contribution in [2.75, 3.05) is 5.32 Å². The molecule has 2 aromatic heterocycles. The smallest absolute Gasteiger partial charge is 0.200 e. The first-order valence-corrected chi connectivity index (χ1v) is 6.67. The topological polar surface area (TPSA) is 70.9 Å². The van der Waals surface area contributed by atoms with Crippen molar-refractivity contribution in [2.45, 2.75) is 13.8 Å². The summed E-state index contributed by atoms with van der Waals surface area (Å²) in [6.45, 7) is 3.56. The van der Waals surface area contributed by atoms with Crippen molar-refractivity contribution in [2.24, 2.45) is 0 Å². The number of hydrogen-bond acceptors (Lipinski definition) is 5. The van der Waals surface area contributed by atoms with E-state index in [1.165, 1.54) is 0 Å². The molecule has 2 aromatic rings. The molecule has 0 radical (unpaired) electrons. The minimum absolute atomic E-state index is 0.340. The summed E-state index contributed by atoms with van der Waals surface area (Å²) in [5.41, 5.74) is 1.24.